The molecule has 3 N–H and O–H groups in total. The van der Waals surface area contributed by atoms with Crippen molar-refractivity contribution in [3.63, 3.8) is 0 Å². The average Bonchev–Trinajstić information content (AvgIpc) is 3.05. The molecule has 0 aliphatic carbocycles. The maximum Gasteiger partial charge on any atom is 0.273 e. The second kappa shape index (κ2) is 11.9. The van der Waals surface area contributed by atoms with Crippen LogP contribution in [-0.4, -0.2) is 63.7 Å². The van der Waals surface area contributed by atoms with Gasteiger partial charge in [-0.1, -0.05) is 27.2 Å². The van der Waals surface area contributed by atoms with Crippen LogP contribution in [0.25, 0.3) is 0 Å². The van der Waals surface area contributed by atoms with Crippen LogP contribution in [0.4, 0.5) is 8.78 Å². The molecule has 9 nitrogen and oxygen atoms in total. The largest absolute Gasteiger partial charge is 0.368 e. The van der Waals surface area contributed by atoms with Crippen LogP contribution in [-0.2, 0) is 16.1 Å². The van der Waals surface area contributed by atoms with Crippen molar-refractivity contribution in [1.29, 1.82) is 0 Å². The van der Waals surface area contributed by atoms with E-state index in [0.717, 1.165) is 6.20 Å². The van der Waals surface area contributed by atoms with Gasteiger partial charge in [-0.15, -0.1) is 5.10 Å². The summed E-state index contributed by atoms with van der Waals surface area (Å²) < 4.78 is 24.4. The molecule has 0 aliphatic rings. The van der Waals surface area contributed by atoms with Crippen LogP contribution in [0.5, 0.6) is 0 Å². The van der Waals surface area contributed by atoms with Gasteiger partial charge in [-0.05, 0) is 6.42 Å². The number of nitrogens with zero attached hydrogens (tertiary/aromatic N) is 4. The normalized spacial score (nSPS) is 11.3. The molecule has 1 heterocycles. The first-order valence-corrected chi connectivity index (χ1v) is 8.27. The second-order valence-electron chi connectivity index (χ2n) is 5.07. The van der Waals surface area contributed by atoms with Crippen molar-refractivity contribution in [2.24, 2.45) is 5.73 Å². The Morgan fingerprint density at radius 3 is 2.50 bits per heavy atom. The Balaban J connectivity index is -0.00000151. The number of hydrogen-bond donors (Lipinski definition) is 2. The van der Waals surface area contributed by atoms with Gasteiger partial charge in [0, 0.05) is 9.90 Å². The number of carbonyl (C=O) groups is 3. The molecule has 0 saturated carbocycles. The Morgan fingerprint density at radius 1 is 1.38 bits per heavy atom. The molecule has 11 heteroatoms. The number of halogens is 2. The van der Waals surface area contributed by atoms with Gasteiger partial charge >= 0.3 is 0 Å². The number of alkyl halides is 2. The predicted octanol–water partition coefficient (Wildman–Crippen LogP) is 0.904. The third-order valence-electron chi connectivity index (χ3n) is 3.22. The van der Waals surface area contributed by atoms with Crippen LogP contribution >= 0.6 is 0 Å². The first-order chi connectivity index (χ1) is 12.3. The number of carbonyl (C=O) groups excluding carboxylic acids is 3. The van der Waals surface area contributed by atoms with Crippen molar-refractivity contribution in [3.05, 3.63) is 11.9 Å². The zero-order chi connectivity index (χ0) is 20.3. The summed E-state index contributed by atoms with van der Waals surface area (Å²) >= 11 is 0. The Bertz CT molecular complexity index is 604. The molecule has 0 spiro atoms. The summed E-state index contributed by atoms with van der Waals surface area (Å²) in [7, 11) is 1.42. The van der Waals surface area contributed by atoms with Gasteiger partial charge in [0.1, 0.15) is 12.6 Å². The lowest BCUT2D eigenvalue weighted by Gasteiger charge is -2.25. The molecule has 1 rings (SSSR count). The quantitative estimate of drug-likeness (QED) is 0.659. The Kier molecular flexibility index (Phi) is 10.7. The molecule has 0 saturated heterocycles. The Labute approximate surface area is 153 Å². The molecule has 152 valence electrons. The summed E-state index contributed by atoms with van der Waals surface area (Å²) in [5, 5.41) is 9.40. The maximum absolute atomic E-state index is 12.2. The van der Waals surface area contributed by atoms with E-state index in [1.807, 2.05) is 20.8 Å². The van der Waals surface area contributed by atoms with E-state index >= 15 is 0 Å². The van der Waals surface area contributed by atoms with Gasteiger partial charge in [-0.25, -0.2) is 8.78 Å². The van der Waals surface area contributed by atoms with E-state index < -0.39 is 36.7 Å². The molecule has 0 aromatic carbocycles. The number of amides is 3. The molecule has 26 heavy (non-hydrogen) atoms. The summed E-state index contributed by atoms with van der Waals surface area (Å²) in [6.45, 7) is 4.73. The molecule has 0 aliphatic heterocycles. The highest BCUT2D eigenvalue weighted by Gasteiger charge is 2.24. The van der Waals surface area contributed by atoms with E-state index in [4.69, 9.17) is 5.73 Å². The van der Waals surface area contributed by atoms with Crippen molar-refractivity contribution in [2.45, 2.75) is 52.6 Å². The fourth-order valence-corrected chi connectivity index (χ4v) is 1.96. The van der Waals surface area contributed by atoms with Crippen LogP contribution in [0.1, 0.15) is 47.0 Å². The van der Waals surface area contributed by atoms with Crippen LogP contribution < -0.4 is 11.1 Å². The van der Waals surface area contributed by atoms with Crippen molar-refractivity contribution in [1.82, 2.24) is 25.2 Å². The summed E-state index contributed by atoms with van der Waals surface area (Å²) in [6.07, 6.45) is -0.555. The minimum absolute atomic E-state index is 0. The van der Waals surface area contributed by atoms with E-state index in [-0.39, 0.29) is 15.1 Å². The number of likely N-dealkylation sites (N-methyl/N-ethyl adjacent to an activating group) is 1. The van der Waals surface area contributed by atoms with Crippen molar-refractivity contribution < 1.29 is 26.0 Å². The van der Waals surface area contributed by atoms with E-state index in [0.29, 0.717) is 17.6 Å². The lowest BCUT2D eigenvalue weighted by atomic mass is 10.1. The number of rotatable bonds is 9. The van der Waals surface area contributed by atoms with Gasteiger partial charge < -0.3 is 16.0 Å². The van der Waals surface area contributed by atoms with E-state index in [1.54, 1.807) is 0 Å². The molecular formula is C15H30F2N6O3. The third kappa shape index (κ3) is 7.53. The number of primary amides is 1. The molecule has 0 radical (unpaired) electrons. The minimum Gasteiger partial charge on any atom is -0.368 e. The number of aromatic nitrogens is 3. The van der Waals surface area contributed by atoms with Gasteiger partial charge in [0.15, 0.2) is 5.69 Å². The summed E-state index contributed by atoms with van der Waals surface area (Å²) in [4.78, 5) is 37.0. The first-order valence-electron chi connectivity index (χ1n) is 8.27. The first kappa shape index (κ1) is 23.4. The third-order valence-corrected chi connectivity index (χ3v) is 3.22. The highest BCUT2D eigenvalue weighted by molar-refractivity contribution is 5.95. The lowest BCUT2D eigenvalue weighted by molar-refractivity contribution is -0.137. The van der Waals surface area contributed by atoms with Crippen LogP contribution in [0.2, 0.25) is 0 Å². The van der Waals surface area contributed by atoms with E-state index in [9.17, 15) is 23.2 Å². The van der Waals surface area contributed by atoms with Crippen molar-refractivity contribution >= 4 is 17.7 Å². The van der Waals surface area contributed by atoms with Crippen molar-refractivity contribution in [2.75, 3.05) is 13.6 Å². The second-order valence-corrected chi connectivity index (χ2v) is 5.07. The Hall–Kier alpha value is -2.59. The number of nitrogens with one attached hydrogen (secondary N) is 1. The molecule has 1 aromatic rings. The standard InChI is InChI=1S/C13H20F2N6O3.C2H6.2H2/c1-3-4-9(12(16)23)20(2)11(22)6-17-13(24)8-5-18-21(19-8)7-10(14)15;1-2;;/h5,9-10H,3-4,6-7H2,1-2H3,(H2,16,23)(H,17,24);1-2H3;2*1H. The fourth-order valence-electron chi connectivity index (χ4n) is 1.96. The SMILES string of the molecule is CC.CCCC(C(N)=O)N(C)C(=O)CNC(=O)c1cnn(CC(F)F)n1.[HH].[HH]. The monoisotopic (exact) mass is 380 g/mol. The van der Waals surface area contributed by atoms with Crippen molar-refractivity contribution in [3.8, 4) is 0 Å². The van der Waals surface area contributed by atoms with Crippen LogP contribution in [0.15, 0.2) is 6.20 Å². The topological polar surface area (TPSA) is 123 Å². The number of hydrogen-bond acceptors (Lipinski definition) is 5. The van der Waals surface area contributed by atoms with Gasteiger partial charge in [-0.3, -0.25) is 14.4 Å². The average molecular weight is 380 g/mol. The molecule has 1 unspecified atom stereocenters. The predicted molar refractivity (Wildman–Crippen MR) is 94.6 cm³/mol. The smallest absolute Gasteiger partial charge is 0.273 e. The molecule has 1 atom stereocenters. The van der Waals surface area contributed by atoms with Crippen LogP contribution in [0.3, 0.4) is 0 Å². The summed E-state index contributed by atoms with van der Waals surface area (Å²) in [5.41, 5.74) is 5.06. The van der Waals surface area contributed by atoms with Gasteiger partial charge in [-0.2, -0.15) is 9.90 Å². The Morgan fingerprint density at radius 2 is 2.00 bits per heavy atom. The minimum atomic E-state index is -2.65. The van der Waals surface area contributed by atoms with Crippen LogP contribution in [0, 0.1) is 0 Å². The molecule has 0 bridgehead atoms. The summed E-state index contributed by atoms with van der Waals surface area (Å²) in [6, 6.07) is -0.758. The highest BCUT2D eigenvalue weighted by atomic mass is 19.3. The van der Waals surface area contributed by atoms with Gasteiger partial charge in [0.25, 0.3) is 12.3 Å². The molecular weight excluding hydrogens is 350 g/mol. The zero-order valence-corrected chi connectivity index (χ0v) is 15.4. The molecule has 3 amide bonds. The zero-order valence-electron chi connectivity index (χ0n) is 15.4. The maximum atomic E-state index is 12.2. The van der Waals surface area contributed by atoms with E-state index in [2.05, 4.69) is 15.5 Å². The molecule has 1 aromatic heterocycles. The highest BCUT2D eigenvalue weighted by Crippen LogP contribution is 2.05. The number of nitrogens with two attached hydrogens (primary N) is 1. The van der Waals surface area contributed by atoms with Gasteiger partial charge in [0.05, 0.1) is 12.7 Å². The fraction of sp³-hybridized carbons (Fsp3) is 0.667. The van der Waals surface area contributed by atoms with E-state index in [1.165, 1.54) is 11.9 Å². The van der Waals surface area contributed by atoms with Gasteiger partial charge in [0.2, 0.25) is 11.8 Å². The summed E-state index contributed by atoms with van der Waals surface area (Å²) in [5.74, 6) is -1.88. The molecule has 0 fully saturated rings. The lowest BCUT2D eigenvalue weighted by Crippen LogP contribution is -2.48.